The molecule has 0 saturated heterocycles. The van der Waals surface area contributed by atoms with E-state index >= 15 is 0 Å². The molecule has 3 nitrogen and oxygen atoms in total. The molecule has 2 atom stereocenters. The van der Waals surface area contributed by atoms with Crippen LogP contribution in [0.1, 0.15) is 25.5 Å². The SMILES string of the molecule is C[C@H](N[C@H](C)c1ccc(F)c(F)c1)C(=O)Nc1ccc(F)c(F)c1F. The van der Waals surface area contributed by atoms with Gasteiger partial charge in [0.05, 0.1) is 11.7 Å². The lowest BCUT2D eigenvalue weighted by atomic mass is 10.1. The van der Waals surface area contributed by atoms with Crippen molar-refractivity contribution >= 4 is 11.6 Å². The fourth-order valence-electron chi connectivity index (χ4n) is 2.19. The van der Waals surface area contributed by atoms with Crippen molar-refractivity contribution in [2.45, 2.75) is 25.9 Å². The lowest BCUT2D eigenvalue weighted by molar-refractivity contribution is -0.118. The molecule has 1 amide bonds. The van der Waals surface area contributed by atoms with Crippen molar-refractivity contribution in [2.24, 2.45) is 0 Å². The van der Waals surface area contributed by atoms with Gasteiger partial charge in [-0.3, -0.25) is 10.1 Å². The summed E-state index contributed by atoms with van der Waals surface area (Å²) < 4.78 is 65.8. The largest absolute Gasteiger partial charge is 0.322 e. The maximum Gasteiger partial charge on any atom is 0.241 e. The highest BCUT2D eigenvalue weighted by atomic mass is 19.2. The molecule has 0 saturated carbocycles. The van der Waals surface area contributed by atoms with E-state index in [9.17, 15) is 26.7 Å². The number of hydrogen-bond donors (Lipinski definition) is 2. The number of benzene rings is 2. The number of hydrogen-bond acceptors (Lipinski definition) is 2. The molecule has 134 valence electrons. The van der Waals surface area contributed by atoms with Gasteiger partial charge in [-0.15, -0.1) is 0 Å². The molecule has 2 aromatic rings. The van der Waals surface area contributed by atoms with Crippen molar-refractivity contribution in [1.29, 1.82) is 0 Å². The Kier molecular flexibility index (Phi) is 5.73. The molecule has 8 heteroatoms. The van der Waals surface area contributed by atoms with Gasteiger partial charge >= 0.3 is 0 Å². The van der Waals surface area contributed by atoms with E-state index in [0.29, 0.717) is 11.6 Å². The van der Waals surface area contributed by atoms with Gasteiger partial charge in [0.25, 0.3) is 0 Å². The highest BCUT2D eigenvalue weighted by molar-refractivity contribution is 5.94. The van der Waals surface area contributed by atoms with Crippen molar-refractivity contribution < 1.29 is 26.7 Å². The van der Waals surface area contributed by atoms with Gasteiger partial charge < -0.3 is 5.32 Å². The fraction of sp³-hybridized carbons (Fsp3) is 0.235. The molecular weight excluding hydrogens is 343 g/mol. The summed E-state index contributed by atoms with van der Waals surface area (Å²) in [4.78, 5) is 12.1. The molecule has 0 radical (unpaired) electrons. The highest BCUT2D eigenvalue weighted by Gasteiger charge is 2.20. The zero-order valence-corrected chi connectivity index (χ0v) is 13.3. The molecular formula is C17H15F5N2O. The van der Waals surface area contributed by atoms with E-state index in [2.05, 4.69) is 10.6 Å². The lowest BCUT2D eigenvalue weighted by Crippen LogP contribution is -2.39. The summed E-state index contributed by atoms with van der Waals surface area (Å²) in [5.74, 6) is -7.28. The molecule has 0 fully saturated rings. The standard InChI is InChI=1S/C17H15F5N2O/c1-8(10-3-4-11(18)13(20)7-10)23-9(2)17(25)24-14-6-5-12(19)15(21)16(14)22/h3-9,23H,1-2H3,(H,24,25)/t8-,9+/m1/s1. The smallest absolute Gasteiger partial charge is 0.241 e. The van der Waals surface area contributed by atoms with E-state index in [-0.39, 0.29) is 0 Å². The number of carbonyl (C=O) groups is 1. The van der Waals surface area contributed by atoms with Crippen molar-refractivity contribution in [3.05, 3.63) is 65.0 Å². The molecule has 2 rings (SSSR count). The van der Waals surface area contributed by atoms with Gasteiger partial charge in [0.1, 0.15) is 0 Å². The van der Waals surface area contributed by atoms with Crippen LogP contribution in [0.3, 0.4) is 0 Å². The minimum absolute atomic E-state index is 0.401. The van der Waals surface area contributed by atoms with Gasteiger partial charge in [0, 0.05) is 6.04 Å². The Labute approximate surface area is 140 Å². The first-order valence-corrected chi connectivity index (χ1v) is 7.36. The van der Waals surface area contributed by atoms with Crippen LogP contribution in [0.25, 0.3) is 0 Å². The fourth-order valence-corrected chi connectivity index (χ4v) is 2.19. The minimum Gasteiger partial charge on any atom is -0.322 e. The van der Waals surface area contributed by atoms with E-state index in [1.807, 2.05) is 0 Å². The quantitative estimate of drug-likeness (QED) is 0.625. The number of amides is 1. The third-order valence-electron chi connectivity index (χ3n) is 3.63. The minimum atomic E-state index is -1.69. The van der Waals surface area contributed by atoms with Crippen LogP contribution in [0, 0.1) is 29.1 Å². The maximum absolute atomic E-state index is 13.6. The second-order valence-corrected chi connectivity index (χ2v) is 5.50. The predicted octanol–water partition coefficient (Wildman–Crippen LogP) is 4.06. The molecule has 0 aromatic heterocycles. The first kappa shape index (κ1) is 18.9. The van der Waals surface area contributed by atoms with Crippen LogP contribution in [0.4, 0.5) is 27.6 Å². The Bertz CT molecular complexity index is 797. The average Bonchev–Trinajstić information content (AvgIpc) is 2.57. The summed E-state index contributed by atoms with van der Waals surface area (Å²) in [5.41, 5.74) is -0.101. The Morgan fingerprint density at radius 1 is 0.880 bits per heavy atom. The number of nitrogens with one attached hydrogen (secondary N) is 2. The number of carbonyl (C=O) groups excluding carboxylic acids is 1. The summed E-state index contributed by atoms with van der Waals surface area (Å²) in [6.07, 6.45) is 0. The molecule has 0 bridgehead atoms. The topological polar surface area (TPSA) is 41.1 Å². The third kappa shape index (κ3) is 4.33. The van der Waals surface area contributed by atoms with Crippen LogP contribution >= 0.6 is 0 Å². The van der Waals surface area contributed by atoms with E-state index in [1.54, 1.807) is 6.92 Å². The van der Waals surface area contributed by atoms with Crippen molar-refractivity contribution in [3.63, 3.8) is 0 Å². The number of anilines is 1. The van der Waals surface area contributed by atoms with E-state index in [0.717, 1.165) is 18.2 Å². The molecule has 0 aliphatic heterocycles. The lowest BCUT2D eigenvalue weighted by Gasteiger charge is -2.20. The molecule has 2 aromatic carbocycles. The third-order valence-corrected chi connectivity index (χ3v) is 3.63. The van der Waals surface area contributed by atoms with Crippen LogP contribution < -0.4 is 10.6 Å². The maximum atomic E-state index is 13.6. The van der Waals surface area contributed by atoms with Gasteiger partial charge in [-0.05, 0) is 43.7 Å². The average molecular weight is 358 g/mol. The first-order chi connectivity index (χ1) is 11.7. The Morgan fingerprint density at radius 3 is 2.16 bits per heavy atom. The summed E-state index contributed by atoms with van der Waals surface area (Å²) in [7, 11) is 0. The van der Waals surface area contributed by atoms with Gasteiger partial charge in [-0.2, -0.15) is 0 Å². The second kappa shape index (κ2) is 7.60. The number of halogens is 5. The van der Waals surface area contributed by atoms with Crippen LogP contribution in [-0.2, 0) is 4.79 Å². The summed E-state index contributed by atoms with van der Waals surface area (Å²) in [6, 6.07) is 3.50. The Hall–Kier alpha value is -2.48. The highest BCUT2D eigenvalue weighted by Crippen LogP contribution is 2.20. The zero-order valence-electron chi connectivity index (χ0n) is 13.3. The molecule has 0 spiro atoms. The van der Waals surface area contributed by atoms with E-state index < -0.39 is 52.8 Å². The summed E-state index contributed by atoms with van der Waals surface area (Å²) >= 11 is 0. The van der Waals surface area contributed by atoms with Crippen LogP contribution in [-0.4, -0.2) is 11.9 Å². The van der Waals surface area contributed by atoms with Crippen LogP contribution in [0.2, 0.25) is 0 Å². The molecule has 0 aliphatic carbocycles. The van der Waals surface area contributed by atoms with Crippen LogP contribution in [0.15, 0.2) is 30.3 Å². The van der Waals surface area contributed by atoms with Crippen molar-refractivity contribution in [1.82, 2.24) is 5.32 Å². The monoisotopic (exact) mass is 358 g/mol. The van der Waals surface area contributed by atoms with Crippen molar-refractivity contribution in [2.75, 3.05) is 5.32 Å². The zero-order chi connectivity index (χ0) is 18.7. The summed E-state index contributed by atoms with van der Waals surface area (Å²) in [5, 5.41) is 4.96. The Balaban J connectivity index is 2.05. The van der Waals surface area contributed by atoms with E-state index in [1.165, 1.54) is 13.0 Å². The van der Waals surface area contributed by atoms with Gasteiger partial charge in [-0.25, -0.2) is 22.0 Å². The summed E-state index contributed by atoms with van der Waals surface area (Å²) in [6.45, 7) is 3.07. The molecule has 2 N–H and O–H groups in total. The molecule has 25 heavy (non-hydrogen) atoms. The first-order valence-electron chi connectivity index (χ1n) is 7.36. The van der Waals surface area contributed by atoms with Crippen LogP contribution in [0.5, 0.6) is 0 Å². The molecule has 0 unspecified atom stereocenters. The Morgan fingerprint density at radius 2 is 1.52 bits per heavy atom. The van der Waals surface area contributed by atoms with Gasteiger partial charge in [-0.1, -0.05) is 6.07 Å². The van der Waals surface area contributed by atoms with Gasteiger partial charge in [0.15, 0.2) is 29.1 Å². The predicted molar refractivity (Wildman–Crippen MR) is 82.3 cm³/mol. The second-order valence-electron chi connectivity index (χ2n) is 5.50. The molecule has 0 heterocycles. The number of rotatable bonds is 5. The van der Waals surface area contributed by atoms with Crippen molar-refractivity contribution in [3.8, 4) is 0 Å². The molecule has 0 aliphatic rings. The van der Waals surface area contributed by atoms with Gasteiger partial charge in [0.2, 0.25) is 5.91 Å². The normalized spacial score (nSPS) is 13.4. The van der Waals surface area contributed by atoms with E-state index in [4.69, 9.17) is 0 Å².